The van der Waals surface area contributed by atoms with Crippen LogP contribution in [0.1, 0.15) is 61.3 Å². The Labute approximate surface area is 254 Å². The molecule has 0 saturated heterocycles. The fraction of sp³-hybridized carbons (Fsp3) is 0.429. The number of Topliss-reactive ketones (excluding diaryl/α,β-unsaturated/α-hetero) is 2. The highest BCUT2D eigenvalue weighted by atomic mass is 32.2. The third kappa shape index (κ3) is 6.47. The summed E-state index contributed by atoms with van der Waals surface area (Å²) in [6, 6.07) is 22.2. The minimum absolute atomic E-state index is 0.00132. The highest BCUT2D eigenvalue weighted by Crippen LogP contribution is 2.59. The smallest absolute Gasteiger partial charge is 0.297 e. The lowest BCUT2D eigenvalue weighted by Gasteiger charge is -2.47. The number of fused-ring (bicyclic) bond motifs is 1. The number of aliphatic hydroxyl groups is 1. The average Bonchev–Trinajstić information content (AvgIpc) is 3.26. The van der Waals surface area contributed by atoms with E-state index in [0.717, 1.165) is 40.8 Å². The van der Waals surface area contributed by atoms with E-state index in [1.54, 1.807) is 12.1 Å². The minimum atomic E-state index is -4.18. The second kappa shape index (κ2) is 12.3. The Balaban J connectivity index is 1.26. The van der Waals surface area contributed by atoms with Gasteiger partial charge in [0.25, 0.3) is 10.1 Å². The molecular weight excluding hydrogens is 564 g/mol. The van der Waals surface area contributed by atoms with Gasteiger partial charge in [0.05, 0.1) is 4.90 Å². The topological polar surface area (TPSA) is 107 Å². The summed E-state index contributed by atoms with van der Waals surface area (Å²) >= 11 is 0. The van der Waals surface area contributed by atoms with Crippen LogP contribution < -0.4 is 4.74 Å². The monoisotopic (exact) mass is 604 g/mol. The molecule has 5 rings (SSSR count). The number of carbonyl (C=O) groups is 2. The van der Waals surface area contributed by atoms with Crippen molar-refractivity contribution in [3.05, 3.63) is 95.1 Å². The zero-order valence-corrected chi connectivity index (χ0v) is 25.9. The molecule has 0 heterocycles. The third-order valence-electron chi connectivity index (χ3n) is 9.67. The van der Waals surface area contributed by atoms with Crippen molar-refractivity contribution in [3.8, 4) is 5.75 Å². The van der Waals surface area contributed by atoms with Crippen LogP contribution in [0.2, 0.25) is 0 Å². The maximum atomic E-state index is 13.4. The van der Waals surface area contributed by atoms with E-state index in [4.69, 9.17) is 8.92 Å². The zero-order valence-electron chi connectivity index (χ0n) is 25.0. The van der Waals surface area contributed by atoms with Gasteiger partial charge in [0.15, 0.2) is 5.78 Å². The minimum Gasteiger partial charge on any atom is -0.489 e. The van der Waals surface area contributed by atoms with Crippen LogP contribution in [0.15, 0.2) is 77.7 Å². The highest BCUT2D eigenvalue weighted by molar-refractivity contribution is 7.86. The van der Waals surface area contributed by atoms with Crippen molar-refractivity contribution in [2.45, 2.75) is 76.4 Å². The molecule has 228 valence electrons. The molecule has 4 atom stereocenters. The van der Waals surface area contributed by atoms with E-state index in [-0.39, 0.29) is 35.4 Å². The molecule has 3 aromatic rings. The Morgan fingerprint density at radius 3 is 2.47 bits per heavy atom. The van der Waals surface area contributed by atoms with Crippen molar-refractivity contribution in [2.75, 3.05) is 6.61 Å². The first-order valence-electron chi connectivity index (χ1n) is 14.9. The van der Waals surface area contributed by atoms with Crippen LogP contribution in [-0.4, -0.2) is 37.3 Å². The predicted molar refractivity (Wildman–Crippen MR) is 163 cm³/mol. The molecule has 0 amide bonds. The Kier molecular flexibility index (Phi) is 8.93. The standard InChI is InChI=1S/C35H40O7S/c1-24-9-15-31(16-10-24)43(39,40)42-23-33(37)35(38)18-17-32-28(19-29(36)21-34(32,35)3)13-12-27-20-30(14-11-25(27)2)41-22-26-7-5-4-6-8-26/h4-11,14-16,20,28,32,38H,12-13,17-19,21-23H2,1-3H3/t28?,32?,34?,35-/m0/s1. The maximum Gasteiger partial charge on any atom is 0.297 e. The number of hydrogen-bond acceptors (Lipinski definition) is 7. The molecule has 2 aliphatic rings. The van der Waals surface area contributed by atoms with Crippen molar-refractivity contribution in [1.82, 2.24) is 0 Å². The maximum absolute atomic E-state index is 13.4. The Hall–Kier alpha value is -3.33. The van der Waals surface area contributed by atoms with E-state index < -0.39 is 33.5 Å². The Morgan fingerprint density at radius 2 is 1.74 bits per heavy atom. The van der Waals surface area contributed by atoms with Crippen LogP contribution in [0.4, 0.5) is 0 Å². The summed E-state index contributed by atoms with van der Waals surface area (Å²) in [5.41, 5.74) is 1.44. The molecule has 2 aliphatic carbocycles. The van der Waals surface area contributed by atoms with Crippen molar-refractivity contribution >= 4 is 21.7 Å². The first-order chi connectivity index (χ1) is 20.4. The van der Waals surface area contributed by atoms with Crippen molar-refractivity contribution in [3.63, 3.8) is 0 Å². The van der Waals surface area contributed by atoms with Crippen LogP contribution >= 0.6 is 0 Å². The van der Waals surface area contributed by atoms with Crippen molar-refractivity contribution < 1.29 is 32.0 Å². The van der Waals surface area contributed by atoms with E-state index in [1.165, 1.54) is 12.1 Å². The van der Waals surface area contributed by atoms with Gasteiger partial charge in [-0.15, -0.1) is 0 Å². The lowest BCUT2D eigenvalue weighted by molar-refractivity contribution is -0.161. The SMILES string of the molecule is Cc1ccc(S(=O)(=O)OCC(=O)[C@@]2(O)CCC3C(CCc4cc(OCc5ccccc5)ccc4C)CC(=O)CC32C)cc1. The number of hydrogen-bond donors (Lipinski definition) is 1. The van der Waals surface area contributed by atoms with Gasteiger partial charge < -0.3 is 9.84 Å². The second-order valence-electron chi connectivity index (χ2n) is 12.5. The van der Waals surface area contributed by atoms with Crippen LogP contribution in [0.3, 0.4) is 0 Å². The molecule has 0 spiro atoms. The molecular formula is C35H40O7S. The zero-order chi connectivity index (χ0) is 30.8. The molecule has 8 heteroatoms. The van der Waals surface area contributed by atoms with Gasteiger partial charge in [-0.2, -0.15) is 8.42 Å². The molecule has 2 saturated carbocycles. The molecule has 0 bridgehead atoms. The lowest BCUT2D eigenvalue weighted by Crippen LogP contribution is -2.56. The third-order valence-corrected chi connectivity index (χ3v) is 11.0. The summed E-state index contributed by atoms with van der Waals surface area (Å²) < 4.78 is 36.6. The molecule has 3 aromatic carbocycles. The molecule has 43 heavy (non-hydrogen) atoms. The molecule has 1 N–H and O–H groups in total. The number of benzene rings is 3. The van der Waals surface area contributed by atoms with Gasteiger partial charge in [0.1, 0.15) is 30.3 Å². The number of aryl methyl sites for hydroxylation is 3. The summed E-state index contributed by atoms with van der Waals surface area (Å²) in [6.07, 6.45) is 2.73. The average molecular weight is 605 g/mol. The predicted octanol–water partition coefficient (Wildman–Crippen LogP) is 5.92. The largest absolute Gasteiger partial charge is 0.489 e. The van der Waals surface area contributed by atoms with E-state index in [1.807, 2.05) is 56.3 Å². The summed E-state index contributed by atoms with van der Waals surface area (Å²) in [7, 11) is -4.18. The molecule has 3 unspecified atom stereocenters. The summed E-state index contributed by atoms with van der Waals surface area (Å²) in [5, 5.41) is 11.8. The number of ether oxygens (including phenoxy) is 1. The summed E-state index contributed by atoms with van der Waals surface area (Å²) in [4.78, 5) is 26.4. The van der Waals surface area contributed by atoms with E-state index in [9.17, 15) is 23.1 Å². The normalized spacial score (nSPS) is 25.3. The Bertz CT molecular complexity index is 1580. The van der Waals surface area contributed by atoms with Crippen LogP contribution in [-0.2, 0) is 36.9 Å². The second-order valence-corrected chi connectivity index (χ2v) is 14.1. The van der Waals surface area contributed by atoms with Gasteiger partial charge in [0, 0.05) is 18.3 Å². The van der Waals surface area contributed by atoms with Crippen LogP contribution in [0.5, 0.6) is 5.75 Å². The van der Waals surface area contributed by atoms with Crippen LogP contribution in [0, 0.1) is 31.1 Å². The van der Waals surface area contributed by atoms with Crippen molar-refractivity contribution in [2.24, 2.45) is 17.3 Å². The van der Waals surface area contributed by atoms with Gasteiger partial charge in [-0.05, 0) is 92.3 Å². The fourth-order valence-corrected chi connectivity index (χ4v) is 7.97. The summed E-state index contributed by atoms with van der Waals surface area (Å²) in [5.74, 6) is 0.0576. The van der Waals surface area contributed by atoms with E-state index in [2.05, 4.69) is 13.0 Å². The van der Waals surface area contributed by atoms with E-state index >= 15 is 0 Å². The van der Waals surface area contributed by atoms with Gasteiger partial charge in [-0.3, -0.25) is 13.8 Å². The molecule has 0 aromatic heterocycles. The molecule has 7 nitrogen and oxygen atoms in total. The first-order valence-corrected chi connectivity index (χ1v) is 16.3. The molecule has 2 fully saturated rings. The summed E-state index contributed by atoms with van der Waals surface area (Å²) in [6.45, 7) is 5.41. The van der Waals surface area contributed by atoms with Crippen LogP contribution in [0.25, 0.3) is 0 Å². The molecule has 0 radical (unpaired) electrons. The fourth-order valence-electron chi connectivity index (χ4n) is 7.10. The lowest BCUT2D eigenvalue weighted by atomic mass is 9.58. The first kappa shape index (κ1) is 31.1. The number of rotatable bonds is 11. The number of carbonyl (C=O) groups excluding carboxylic acids is 2. The van der Waals surface area contributed by atoms with Gasteiger partial charge in [-0.1, -0.05) is 61.0 Å². The molecule has 0 aliphatic heterocycles. The van der Waals surface area contributed by atoms with Gasteiger partial charge >= 0.3 is 0 Å². The quantitative estimate of drug-likeness (QED) is 0.271. The van der Waals surface area contributed by atoms with Gasteiger partial charge in [0.2, 0.25) is 0 Å². The van der Waals surface area contributed by atoms with Gasteiger partial charge in [-0.25, -0.2) is 0 Å². The van der Waals surface area contributed by atoms with Crippen molar-refractivity contribution in [1.29, 1.82) is 0 Å². The Morgan fingerprint density at radius 1 is 1.02 bits per heavy atom. The highest BCUT2D eigenvalue weighted by Gasteiger charge is 2.64. The number of ketones is 2. The van der Waals surface area contributed by atoms with E-state index in [0.29, 0.717) is 19.4 Å².